The normalized spacial score (nSPS) is 20.6. The second-order valence-corrected chi connectivity index (χ2v) is 3.88. The number of carbonyl (C=O) groups is 1. The molecule has 4 heteroatoms. The Balaban J connectivity index is 2.04. The van der Waals surface area contributed by atoms with Crippen LogP contribution in [0.1, 0.15) is 16.8 Å². The van der Waals surface area contributed by atoms with E-state index in [0.29, 0.717) is 18.0 Å². The van der Waals surface area contributed by atoms with Gasteiger partial charge in [0.05, 0.1) is 0 Å². The Morgan fingerprint density at radius 2 is 2.27 bits per heavy atom. The lowest BCUT2D eigenvalue weighted by molar-refractivity contribution is 0.0787. The van der Waals surface area contributed by atoms with Crippen LogP contribution in [0.25, 0.3) is 0 Å². The van der Waals surface area contributed by atoms with Crippen LogP contribution in [0.15, 0.2) is 24.5 Å². The fourth-order valence-electron chi connectivity index (χ4n) is 1.89. The molecule has 2 rings (SSSR count). The molecule has 2 N–H and O–H groups in total. The summed E-state index contributed by atoms with van der Waals surface area (Å²) in [4.78, 5) is 17.7. The fourth-order valence-corrected chi connectivity index (χ4v) is 1.89. The summed E-state index contributed by atoms with van der Waals surface area (Å²) in [6.45, 7) is 2.28. The van der Waals surface area contributed by atoms with Gasteiger partial charge in [0.25, 0.3) is 5.91 Å². The van der Waals surface area contributed by atoms with Crippen LogP contribution in [0.4, 0.5) is 0 Å². The molecule has 0 bridgehead atoms. The van der Waals surface area contributed by atoms with Crippen LogP contribution in [-0.4, -0.2) is 35.4 Å². The molecule has 1 amide bonds. The first-order chi connectivity index (χ1) is 7.31. The number of hydrogen-bond donors (Lipinski definition) is 1. The first kappa shape index (κ1) is 10.1. The molecule has 80 valence electrons. The number of nitrogens with zero attached hydrogens (tertiary/aromatic N) is 2. The largest absolute Gasteiger partial charge is 0.338 e. The number of likely N-dealkylation sites (tertiary alicyclic amines) is 1. The van der Waals surface area contributed by atoms with E-state index in [1.807, 2.05) is 4.90 Å². The lowest BCUT2D eigenvalue weighted by atomic mass is 10.1. The molecule has 4 nitrogen and oxygen atoms in total. The number of amides is 1. The van der Waals surface area contributed by atoms with Crippen LogP contribution < -0.4 is 5.73 Å². The minimum Gasteiger partial charge on any atom is -0.338 e. The van der Waals surface area contributed by atoms with Crippen molar-refractivity contribution in [3.05, 3.63) is 30.1 Å². The molecular weight excluding hydrogens is 190 g/mol. The molecule has 0 aliphatic carbocycles. The predicted molar refractivity (Wildman–Crippen MR) is 57.3 cm³/mol. The molecular formula is C11H15N3O. The molecule has 0 aromatic carbocycles. The Labute approximate surface area is 89.1 Å². The molecule has 1 saturated heterocycles. The van der Waals surface area contributed by atoms with Crippen molar-refractivity contribution in [1.82, 2.24) is 9.88 Å². The van der Waals surface area contributed by atoms with E-state index in [2.05, 4.69) is 4.98 Å². The van der Waals surface area contributed by atoms with E-state index >= 15 is 0 Å². The van der Waals surface area contributed by atoms with Crippen molar-refractivity contribution in [2.24, 2.45) is 11.7 Å². The molecule has 0 radical (unpaired) electrons. The highest BCUT2D eigenvalue weighted by atomic mass is 16.2. The van der Waals surface area contributed by atoms with E-state index in [9.17, 15) is 4.79 Å². The maximum absolute atomic E-state index is 12.0. The summed E-state index contributed by atoms with van der Waals surface area (Å²) in [6.07, 6.45) is 4.31. The van der Waals surface area contributed by atoms with Crippen LogP contribution in [0, 0.1) is 5.92 Å². The van der Waals surface area contributed by atoms with Crippen molar-refractivity contribution < 1.29 is 4.79 Å². The molecule has 1 atom stereocenters. The summed E-state index contributed by atoms with van der Waals surface area (Å²) in [5, 5.41) is 0. The van der Waals surface area contributed by atoms with Gasteiger partial charge in [-0.1, -0.05) is 0 Å². The van der Waals surface area contributed by atoms with Gasteiger partial charge in [0.1, 0.15) is 0 Å². The number of carbonyl (C=O) groups excluding carboxylic acids is 1. The van der Waals surface area contributed by atoms with E-state index in [0.717, 1.165) is 19.5 Å². The number of pyridine rings is 1. The van der Waals surface area contributed by atoms with Crippen LogP contribution in [0.5, 0.6) is 0 Å². The molecule has 1 fully saturated rings. The van der Waals surface area contributed by atoms with Crippen LogP contribution in [0.2, 0.25) is 0 Å². The Bertz CT molecular complexity index is 339. The zero-order chi connectivity index (χ0) is 10.7. The van der Waals surface area contributed by atoms with Gasteiger partial charge in [-0.15, -0.1) is 0 Å². The van der Waals surface area contributed by atoms with Gasteiger partial charge in [-0.2, -0.15) is 0 Å². The molecule has 1 aromatic heterocycles. The van der Waals surface area contributed by atoms with Gasteiger partial charge in [0, 0.05) is 31.0 Å². The third-order valence-corrected chi connectivity index (χ3v) is 2.83. The maximum Gasteiger partial charge on any atom is 0.253 e. The third kappa shape index (κ3) is 2.15. The van der Waals surface area contributed by atoms with Crippen molar-refractivity contribution in [3.8, 4) is 0 Å². The zero-order valence-electron chi connectivity index (χ0n) is 8.60. The molecule has 0 spiro atoms. The summed E-state index contributed by atoms with van der Waals surface area (Å²) in [6, 6.07) is 3.50. The Morgan fingerprint density at radius 3 is 2.87 bits per heavy atom. The van der Waals surface area contributed by atoms with E-state index in [-0.39, 0.29) is 5.91 Å². The highest BCUT2D eigenvalue weighted by Gasteiger charge is 2.25. The summed E-state index contributed by atoms with van der Waals surface area (Å²) < 4.78 is 0. The molecule has 1 aromatic rings. The topological polar surface area (TPSA) is 59.2 Å². The highest BCUT2D eigenvalue weighted by Crippen LogP contribution is 2.17. The average molecular weight is 205 g/mol. The van der Waals surface area contributed by atoms with Gasteiger partial charge in [-0.3, -0.25) is 9.78 Å². The summed E-state index contributed by atoms with van der Waals surface area (Å²) in [7, 11) is 0. The monoisotopic (exact) mass is 205 g/mol. The first-order valence-electron chi connectivity index (χ1n) is 5.20. The quantitative estimate of drug-likeness (QED) is 0.765. The molecule has 1 unspecified atom stereocenters. The Kier molecular flexibility index (Phi) is 2.97. The molecule has 15 heavy (non-hydrogen) atoms. The standard InChI is InChI=1S/C11H15N3O/c12-7-9-3-6-14(8-9)11(15)10-1-4-13-5-2-10/h1-2,4-5,9H,3,6-8,12H2. The van der Waals surface area contributed by atoms with Gasteiger partial charge in [-0.05, 0) is 31.0 Å². The van der Waals surface area contributed by atoms with Crippen molar-refractivity contribution in [2.45, 2.75) is 6.42 Å². The van der Waals surface area contributed by atoms with Crippen molar-refractivity contribution in [3.63, 3.8) is 0 Å². The van der Waals surface area contributed by atoms with Crippen LogP contribution in [-0.2, 0) is 0 Å². The van der Waals surface area contributed by atoms with Gasteiger partial charge >= 0.3 is 0 Å². The zero-order valence-corrected chi connectivity index (χ0v) is 8.60. The predicted octanol–water partition coefficient (Wildman–Crippen LogP) is 0.502. The summed E-state index contributed by atoms with van der Waals surface area (Å²) >= 11 is 0. The maximum atomic E-state index is 12.0. The lowest BCUT2D eigenvalue weighted by Gasteiger charge is -2.15. The molecule has 1 aliphatic rings. The van der Waals surface area contributed by atoms with Crippen molar-refractivity contribution >= 4 is 5.91 Å². The molecule has 1 aliphatic heterocycles. The summed E-state index contributed by atoms with van der Waals surface area (Å²) in [5.74, 6) is 0.559. The third-order valence-electron chi connectivity index (χ3n) is 2.83. The first-order valence-corrected chi connectivity index (χ1v) is 5.20. The summed E-state index contributed by atoms with van der Waals surface area (Å²) in [5.41, 5.74) is 6.30. The van der Waals surface area contributed by atoms with Crippen LogP contribution >= 0.6 is 0 Å². The fraction of sp³-hybridized carbons (Fsp3) is 0.455. The highest BCUT2D eigenvalue weighted by molar-refractivity contribution is 5.94. The Morgan fingerprint density at radius 1 is 1.53 bits per heavy atom. The lowest BCUT2D eigenvalue weighted by Crippen LogP contribution is -2.29. The van der Waals surface area contributed by atoms with Gasteiger partial charge < -0.3 is 10.6 Å². The molecule has 0 saturated carbocycles. The second-order valence-electron chi connectivity index (χ2n) is 3.88. The number of rotatable bonds is 2. The Hall–Kier alpha value is -1.42. The number of nitrogens with two attached hydrogens (primary N) is 1. The number of hydrogen-bond acceptors (Lipinski definition) is 3. The van der Waals surface area contributed by atoms with E-state index < -0.39 is 0 Å². The van der Waals surface area contributed by atoms with Crippen molar-refractivity contribution in [2.75, 3.05) is 19.6 Å². The van der Waals surface area contributed by atoms with Gasteiger partial charge in [0.15, 0.2) is 0 Å². The van der Waals surface area contributed by atoms with Gasteiger partial charge in [0.2, 0.25) is 0 Å². The van der Waals surface area contributed by atoms with E-state index in [1.165, 1.54) is 0 Å². The van der Waals surface area contributed by atoms with E-state index in [1.54, 1.807) is 24.5 Å². The van der Waals surface area contributed by atoms with E-state index in [4.69, 9.17) is 5.73 Å². The second kappa shape index (κ2) is 4.40. The minimum atomic E-state index is 0.0911. The van der Waals surface area contributed by atoms with Crippen molar-refractivity contribution in [1.29, 1.82) is 0 Å². The average Bonchev–Trinajstić information content (AvgIpc) is 2.78. The smallest absolute Gasteiger partial charge is 0.253 e. The number of aromatic nitrogens is 1. The van der Waals surface area contributed by atoms with Crippen LogP contribution in [0.3, 0.4) is 0 Å². The SMILES string of the molecule is NCC1CCN(C(=O)c2ccncc2)C1. The van der Waals surface area contributed by atoms with Gasteiger partial charge in [-0.25, -0.2) is 0 Å². The minimum absolute atomic E-state index is 0.0911. The molecule has 2 heterocycles.